The van der Waals surface area contributed by atoms with Crippen LogP contribution in [0.4, 0.5) is 5.69 Å². The van der Waals surface area contributed by atoms with Crippen molar-refractivity contribution in [2.75, 3.05) is 12.4 Å². The van der Waals surface area contributed by atoms with Crippen LogP contribution in [0, 0.1) is 0 Å². The molecule has 8 heteroatoms. The Morgan fingerprint density at radius 1 is 0.893 bits per heavy atom. The van der Waals surface area contributed by atoms with Crippen LogP contribution in [0.3, 0.4) is 0 Å². The maximum Gasteiger partial charge on any atom is 0.357 e. The fourth-order valence-electron chi connectivity index (χ4n) is 2.61. The molecule has 0 heterocycles. The smallest absolute Gasteiger partial charge is 0.357 e. The Hall–Kier alpha value is -1.23. The van der Waals surface area contributed by atoms with E-state index in [2.05, 4.69) is 5.32 Å². The second kappa shape index (κ2) is 10.00. The van der Waals surface area contributed by atoms with Crippen LogP contribution in [-0.4, -0.2) is 19.3 Å². The van der Waals surface area contributed by atoms with E-state index < -0.39 is 13.4 Å². The molecule has 2 rings (SSSR count). The SMILES string of the molecule is COc1ccc([C@H](Nc2ccc(Cl)c(Cl)c2)P(=O)(OC(C)C)OC(C)C)cc1. The van der Waals surface area contributed by atoms with Gasteiger partial charge in [0.1, 0.15) is 5.75 Å². The van der Waals surface area contributed by atoms with Gasteiger partial charge in [-0.15, -0.1) is 0 Å². The number of benzene rings is 2. The molecule has 0 saturated carbocycles. The topological polar surface area (TPSA) is 56.8 Å². The lowest BCUT2D eigenvalue weighted by Gasteiger charge is -2.31. The normalized spacial score (nSPS) is 13.0. The van der Waals surface area contributed by atoms with Crippen molar-refractivity contribution in [3.8, 4) is 5.75 Å². The van der Waals surface area contributed by atoms with E-state index >= 15 is 0 Å². The van der Waals surface area contributed by atoms with Crippen LogP contribution in [0.5, 0.6) is 5.75 Å². The summed E-state index contributed by atoms with van der Waals surface area (Å²) in [6.07, 6.45) is -0.582. The molecule has 1 atom stereocenters. The van der Waals surface area contributed by atoms with Gasteiger partial charge in [-0.3, -0.25) is 4.57 Å². The van der Waals surface area contributed by atoms with Crippen LogP contribution >= 0.6 is 30.8 Å². The Morgan fingerprint density at radius 3 is 1.93 bits per heavy atom. The van der Waals surface area contributed by atoms with Crippen LogP contribution in [0.1, 0.15) is 39.0 Å². The lowest BCUT2D eigenvalue weighted by Crippen LogP contribution is -2.19. The first-order valence-corrected chi connectivity index (χ1v) is 11.3. The summed E-state index contributed by atoms with van der Waals surface area (Å²) in [5.41, 5.74) is 1.38. The second-order valence-electron chi connectivity index (χ2n) is 6.80. The predicted molar refractivity (Wildman–Crippen MR) is 116 cm³/mol. The first-order valence-electron chi connectivity index (χ1n) is 8.96. The number of hydrogen-bond donors (Lipinski definition) is 1. The molecule has 28 heavy (non-hydrogen) atoms. The summed E-state index contributed by atoms with van der Waals surface area (Å²) >= 11 is 12.2. The van der Waals surface area contributed by atoms with Crippen molar-refractivity contribution >= 4 is 36.5 Å². The molecule has 0 aliphatic heterocycles. The number of ether oxygens (including phenoxy) is 1. The second-order valence-corrected chi connectivity index (χ2v) is 9.63. The van der Waals surface area contributed by atoms with Crippen LogP contribution < -0.4 is 10.1 Å². The summed E-state index contributed by atoms with van der Waals surface area (Å²) in [4.78, 5) is 0. The minimum absolute atomic E-state index is 0.291. The molecule has 0 aliphatic rings. The molecule has 0 unspecified atom stereocenters. The van der Waals surface area contributed by atoms with Crippen LogP contribution in [0.25, 0.3) is 0 Å². The lowest BCUT2D eigenvalue weighted by molar-refractivity contribution is 0.138. The van der Waals surface area contributed by atoms with Crippen LogP contribution in [0.2, 0.25) is 10.0 Å². The zero-order valence-corrected chi connectivity index (χ0v) is 19.0. The highest BCUT2D eigenvalue weighted by Gasteiger charge is 2.39. The van der Waals surface area contributed by atoms with E-state index in [1.54, 1.807) is 37.4 Å². The molecular formula is C20H26Cl2NO4P. The van der Waals surface area contributed by atoms with E-state index in [9.17, 15) is 4.57 Å². The van der Waals surface area contributed by atoms with Gasteiger partial charge in [0, 0.05) is 5.69 Å². The van der Waals surface area contributed by atoms with Crippen molar-refractivity contribution in [1.29, 1.82) is 0 Å². The highest BCUT2D eigenvalue weighted by atomic mass is 35.5. The molecule has 2 aromatic carbocycles. The fourth-order valence-corrected chi connectivity index (χ4v) is 5.22. The van der Waals surface area contributed by atoms with Crippen molar-refractivity contribution in [3.63, 3.8) is 0 Å². The first-order chi connectivity index (χ1) is 13.1. The Bertz CT molecular complexity index is 813. The highest BCUT2D eigenvalue weighted by Crippen LogP contribution is 2.62. The number of anilines is 1. The number of methoxy groups -OCH3 is 1. The zero-order chi connectivity index (χ0) is 20.9. The summed E-state index contributed by atoms with van der Waals surface area (Å²) in [5.74, 6) is -0.0538. The van der Waals surface area contributed by atoms with E-state index in [1.807, 2.05) is 39.8 Å². The van der Waals surface area contributed by atoms with Gasteiger partial charge in [-0.05, 0) is 63.6 Å². The number of halogens is 2. The minimum Gasteiger partial charge on any atom is -0.497 e. The summed E-state index contributed by atoms with van der Waals surface area (Å²) in [5, 5.41) is 4.09. The molecule has 0 aliphatic carbocycles. The van der Waals surface area contributed by atoms with E-state index in [0.29, 0.717) is 21.5 Å². The first kappa shape index (κ1) is 23.1. The summed E-state index contributed by atoms with van der Waals surface area (Å²) in [7, 11) is -2.02. The molecule has 2 aromatic rings. The molecule has 0 fully saturated rings. The third-order valence-corrected chi connectivity index (χ3v) is 6.92. The van der Waals surface area contributed by atoms with Gasteiger partial charge in [-0.2, -0.15) is 0 Å². The Kier molecular flexibility index (Phi) is 8.23. The monoisotopic (exact) mass is 445 g/mol. The Balaban J connectivity index is 2.51. The summed E-state index contributed by atoms with van der Waals surface area (Å²) in [6.45, 7) is 7.28. The Labute approximate surface area is 176 Å². The molecule has 0 radical (unpaired) electrons. The van der Waals surface area contributed by atoms with E-state index in [4.69, 9.17) is 37.0 Å². The Morgan fingerprint density at radius 2 is 1.46 bits per heavy atom. The van der Waals surface area contributed by atoms with Crippen molar-refractivity contribution in [1.82, 2.24) is 0 Å². The van der Waals surface area contributed by atoms with Gasteiger partial charge >= 0.3 is 7.60 Å². The number of nitrogens with one attached hydrogen (secondary N) is 1. The van der Waals surface area contributed by atoms with Gasteiger partial charge in [-0.1, -0.05) is 35.3 Å². The number of rotatable bonds is 9. The molecular weight excluding hydrogens is 420 g/mol. The lowest BCUT2D eigenvalue weighted by atomic mass is 10.2. The number of hydrogen-bond acceptors (Lipinski definition) is 5. The van der Waals surface area contributed by atoms with Gasteiger partial charge in [0.05, 0.1) is 29.4 Å². The molecule has 0 saturated heterocycles. The van der Waals surface area contributed by atoms with Crippen molar-refractivity contribution in [2.45, 2.75) is 45.7 Å². The van der Waals surface area contributed by atoms with Crippen LogP contribution in [0.15, 0.2) is 42.5 Å². The quantitative estimate of drug-likeness (QED) is 0.415. The molecule has 154 valence electrons. The van der Waals surface area contributed by atoms with Crippen molar-refractivity contribution in [2.24, 2.45) is 0 Å². The minimum atomic E-state index is -3.61. The van der Waals surface area contributed by atoms with Gasteiger partial charge in [0.2, 0.25) is 0 Å². The van der Waals surface area contributed by atoms with Gasteiger partial charge in [-0.25, -0.2) is 0 Å². The van der Waals surface area contributed by atoms with Crippen molar-refractivity contribution in [3.05, 3.63) is 58.1 Å². The van der Waals surface area contributed by atoms with E-state index in [-0.39, 0.29) is 12.2 Å². The molecule has 0 amide bonds. The molecule has 0 bridgehead atoms. The molecule has 5 nitrogen and oxygen atoms in total. The summed E-state index contributed by atoms with van der Waals surface area (Å²) in [6, 6.07) is 12.4. The van der Waals surface area contributed by atoms with Gasteiger partial charge in [0.15, 0.2) is 5.78 Å². The standard InChI is InChI=1S/C20H26Cl2NO4P/c1-13(2)26-28(24,27-14(3)4)20(15-6-9-17(25-5)10-7-15)23-16-8-11-18(21)19(22)12-16/h6-14,20,23H,1-5H3/t20-/m1/s1. The third-order valence-electron chi connectivity index (χ3n) is 3.69. The molecule has 0 aromatic heterocycles. The van der Waals surface area contributed by atoms with E-state index in [0.717, 1.165) is 5.56 Å². The average Bonchev–Trinajstić information content (AvgIpc) is 2.61. The largest absolute Gasteiger partial charge is 0.497 e. The van der Waals surface area contributed by atoms with Gasteiger partial charge < -0.3 is 19.1 Å². The van der Waals surface area contributed by atoms with Crippen molar-refractivity contribution < 1.29 is 18.3 Å². The van der Waals surface area contributed by atoms with Crippen LogP contribution in [-0.2, 0) is 13.6 Å². The summed E-state index contributed by atoms with van der Waals surface area (Å²) < 4.78 is 30.7. The maximum atomic E-state index is 13.8. The zero-order valence-electron chi connectivity index (χ0n) is 16.6. The fraction of sp³-hybridized carbons (Fsp3) is 0.400. The van der Waals surface area contributed by atoms with E-state index in [1.165, 1.54) is 0 Å². The highest BCUT2D eigenvalue weighted by molar-refractivity contribution is 7.54. The van der Waals surface area contributed by atoms with Gasteiger partial charge in [0.25, 0.3) is 0 Å². The average molecular weight is 446 g/mol. The molecule has 1 N–H and O–H groups in total. The molecule has 0 spiro atoms. The predicted octanol–water partition coefficient (Wildman–Crippen LogP) is 7.16. The third kappa shape index (κ3) is 6.13. The maximum absolute atomic E-state index is 13.8.